The minimum Gasteiger partial charge on any atom is -0.483 e. The number of pyridine rings is 1. The Morgan fingerprint density at radius 3 is 2.69 bits per heavy atom. The highest BCUT2D eigenvalue weighted by atomic mass is 16.6. The van der Waals surface area contributed by atoms with Gasteiger partial charge in [-0.3, -0.25) is 14.7 Å². The van der Waals surface area contributed by atoms with E-state index in [9.17, 15) is 9.59 Å². The van der Waals surface area contributed by atoms with E-state index in [0.717, 1.165) is 11.3 Å². The van der Waals surface area contributed by atoms with E-state index in [1.807, 2.05) is 40.7 Å². The summed E-state index contributed by atoms with van der Waals surface area (Å²) in [4.78, 5) is 32.3. The predicted molar refractivity (Wildman–Crippen MR) is 96.4 cm³/mol. The van der Waals surface area contributed by atoms with Crippen molar-refractivity contribution in [3.63, 3.8) is 0 Å². The summed E-state index contributed by atoms with van der Waals surface area (Å²) < 4.78 is 11.3. The van der Waals surface area contributed by atoms with Crippen LogP contribution in [-0.2, 0) is 9.53 Å². The molecule has 7 heteroatoms. The topological polar surface area (TPSA) is 72.0 Å². The summed E-state index contributed by atoms with van der Waals surface area (Å²) >= 11 is 0. The van der Waals surface area contributed by atoms with Crippen molar-refractivity contribution < 1.29 is 19.1 Å². The third-order valence-electron chi connectivity index (χ3n) is 4.08. The Balaban J connectivity index is 1.80. The number of hydrogen-bond donors (Lipinski definition) is 0. The fraction of sp³-hybridized carbons (Fsp3) is 0.526. The quantitative estimate of drug-likeness (QED) is 0.771. The lowest BCUT2D eigenvalue weighted by Gasteiger charge is -2.39. The lowest BCUT2D eigenvalue weighted by Crippen LogP contribution is -2.53. The van der Waals surface area contributed by atoms with Crippen LogP contribution in [-0.4, -0.2) is 57.6 Å². The van der Waals surface area contributed by atoms with E-state index in [1.165, 1.54) is 4.90 Å². The van der Waals surface area contributed by atoms with Gasteiger partial charge in [0.05, 0.1) is 11.3 Å². The Morgan fingerprint density at radius 2 is 2.04 bits per heavy atom. The average molecular weight is 359 g/mol. The number of nitrogens with zero attached hydrogens (tertiary/aromatic N) is 3. The van der Waals surface area contributed by atoms with Gasteiger partial charge in [0.1, 0.15) is 23.5 Å². The maximum Gasteiger partial charge on any atom is 0.410 e. The van der Waals surface area contributed by atoms with Crippen molar-refractivity contribution in [3.8, 4) is 5.75 Å². The predicted octanol–water partition coefficient (Wildman–Crippen LogP) is 2.67. The Morgan fingerprint density at radius 1 is 1.31 bits per heavy atom. The first-order valence-corrected chi connectivity index (χ1v) is 8.70. The highest BCUT2D eigenvalue weighted by Crippen LogP contribution is 2.37. The van der Waals surface area contributed by atoms with Gasteiger partial charge < -0.3 is 14.4 Å². The molecule has 2 amide bonds. The molecule has 0 spiro atoms. The van der Waals surface area contributed by atoms with E-state index in [1.54, 1.807) is 23.4 Å². The fourth-order valence-corrected chi connectivity index (χ4v) is 3.02. The molecule has 2 aliphatic rings. The zero-order chi connectivity index (χ0) is 19.1. The van der Waals surface area contributed by atoms with Gasteiger partial charge >= 0.3 is 6.09 Å². The number of carbonyl (C=O) groups is 2. The molecule has 1 aromatic rings. The van der Waals surface area contributed by atoms with Crippen LogP contribution in [0.4, 0.5) is 4.79 Å². The number of carbonyl (C=O) groups excluding carboxylic acids is 2. The molecule has 0 aromatic carbocycles. The molecule has 1 aromatic heterocycles. The minimum absolute atomic E-state index is 0.0108. The number of fused-ring (bicyclic) bond motifs is 1. The molecule has 1 saturated heterocycles. The van der Waals surface area contributed by atoms with Gasteiger partial charge in [0.25, 0.3) is 0 Å². The molecule has 0 unspecified atom stereocenters. The van der Waals surface area contributed by atoms with Crippen LogP contribution in [0.25, 0.3) is 5.70 Å². The summed E-state index contributed by atoms with van der Waals surface area (Å²) in [5, 5.41) is 0. The maximum absolute atomic E-state index is 12.8. The zero-order valence-corrected chi connectivity index (χ0v) is 15.9. The molecule has 0 atom stereocenters. The third kappa shape index (κ3) is 3.81. The highest BCUT2D eigenvalue weighted by molar-refractivity contribution is 5.92. The molecule has 140 valence electrons. The lowest BCUT2D eigenvalue weighted by molar-refractivity contribution is -0.132. The van der Waals surface area contributed by atoms with Crippen molar-refractivity contribution in [2.24, 2.45) is 0 Å². The second-order valence-corrected chi connectivity index (χ2v) is 8.05. The van der Waals surface area contributed by atoms with Crippen LogP contribution in [0.1, 0.15) is 40.2 Å². The van der Waals surface area contributed by atoms with Gasteiger partial charge in [-0.05, 0) is 46.8 Å². The van der Waals surface area contributed by atoms with Gasteiger partial charge in [0, 0.05) is 25.5 Å². The summed E-state index contributed by atoms with van der Waals surface area (Å²) in [5.41, 5.74) is 0.436. The zero-order valence-electron chi connectivity index (χ0n) is 15.9. The van der Waals surface area contributed by atoms with Crippen LogP contribution in [0.15, 0.2) is 24.5 Å². The third-order valence-corrected chi connectivity index (χ3v) is 4.08. The molecule has 3 heterocycles. The van der Waals surface area contributed by atoms with Crippen molar-refractivity contribution in [3.05, 3.63) is 30.1 Å². The summed E-state index contributed by atoms with van der Waals surface area (Å²) in [6.07, 6.45) is 4.83. The average Bonchev–Trinajstić information content (AvgIpc) is 2.51. The molecule has 0 radical (unpaired) electrons. The first kappa shape index (κ1) is 18.2. The largest absolute Gasteiger partial charge is 0.483 e. The van der Waals surface area contributed by atoms with Crippen molar-refractivity contribution in [2.45, 2.75) is 45.8 Å². The van der Waals surface area contributed by atoms with Crippen LogP contribution < -0.4 is 4.74 Å². The molecule has 0 bridgehead atoms. The molecule has 0 N–H and O–H groups in total. The monoisotopic (exact) mass is 359 g/mol. The Kier molecular flexibility index (Phi) is 4.42. The van der Waals surface area contributed by atoms with Crippen molar-refractivity contribution >= 4 is 17.7 Å². The van der Waals surface area contributed by atoms with Gasteiger partial charge in [-0.15, -0.1) is 0 Å². The van der Waals surface area contributed by atoms with Crippen LogP contribution in [0.2, 0.25) is 0 Å². The summed E-state index contributed by atoms with van der Waals surface area (Å²) in [6, 6.07) is 1.80. The van der Waals surface area contributed by atoms with Crippen LogP contribution in [0.5, 0.6) is 5.75 Å². The Labute approximate surface area is 153 Å². The smallest absolute Gasteiger partial charge is 0.410 e. The Hall–Kier alpha value is -2.57. The van der Waals surface area contributed by atoms with E-state index in [-0.39, 0.29) is 12.5 Å². The molecule has 7 nitrogen and oxygen atoms in total. The van der Waals surface area contributed by atoms with Gasteiger partial charge in [-0.25, -0.2) is 4.79 Å². The maximum atomic E-state index is 12.8. The number of amides is 2. The second-order valence-electron chi connectivity index (χ2n) is 8.05. The highest BCUT2D eigenvalue weighted by Gasteiger charge is 2.36. The lowest BCUT2D eigenvalue weighted by atomic mass is 9.99. The van der Waals surface area contributed by atoms with E-state index in [4.69, 9.17) is 9.47 Å². The molecule has 3 rings (SSSR count). The van der Waals surface area contributed by atoms with Crippen molar-refractivity contribution in [1.29, 1.82) is 0 Å². The van der Waals surface area contributed by atoms with E-state index in [0.29, 0.717) is 18.8 Å². The van der Waals surface area contributed by atoms with Gasteiger partial charge in [0.15, 0.2) is 0 Å². The van der Waals surface area contributed by atoms with Gasteiger partial charge in [0.2, 0.25) is 5.91 Å². The SMILES string of the molecule is CC(C)(C)OC(=O)N1CCN(C2=CC(C)(C)Oc3ccncc32)C(=O)C1. The number of hydrogen-bond acceptors (Lipinski definition) is 5. The molecular weight excluding hydrogens is 334 g/mol. The second kappa shape index (κ2) is 6.30. The van der Waals surface area contributed by atoms with E-state index >= 15 is 0 Å². The number of piperazine rings is 1. The van der Waals surface area contributed by atoms with Crippen molar-refractivity contribution in [2.75, 3.05) is 19.6 Å². The summed E-state index contributed by atoms with van der Waals surface area (Å²) in [6.45, 7) is 10.1. The number of ether oxygens (including phenoxy) is 2. The molecule has 1 fully saturated rings. The first-order chi connectivity index (χ1) is 12.1. The Bertz CT molecular complexity index is 764. The molecular formula is C19H25N3O4. The minimum atomic E-state index is -0.588. The first-order valence-electron chi connectivity index (χ1n) is 8.70. The number of aromatic nitrogens is 1. The van der Waals surface area contributed by atoms with Crippen LogP contribution in [0.3, 0.4) is 0 Å². The summed E-state index contributed by atoms with van der Waals surface area (Å²) in [7, 11) is 0. The standard InChI is InChI=1S/C19H25N3O4/c1-18(2,3)26-17(24)21-8-9-22(16(23)12-21)14-10-19(4,5)25-15-6-7-20-11-13(14)15/h6-7,10-11H,8-9,12H2,1-5H3. The van der Waals surface area contributed by atoms with E-state index in [2.05, 4.69) is 4.98 Å². The molecule has 2 aliphatic heterocycles. The molecule has 0 saturated carbocycles. The van der Waals surface area contributed by atoms with E-state index < -0.39 is 17.3 Å². The van der Waals surface area contributed by atoms with Crippen LogP contribution in [0, 0.1) is 0 Å². The van der Waals surface area contributed by atoms with Gasteiger partial charge in [-0.1, -0.05) is 0 Å². The van der Waals surface area contributed by atoms with Crippen molar-refractivity contribution in [1.82, 2.24) is 14.8 Å². The fourth-order valence-electron chi connectivity index (χ4n) is 3.02. The molecule has 0 aliphatic carbocycles. The number of rotatable bonds is 1. The molecule has 26 heavy (non-hydrogen) atoms. The van der Waals surface area contributed by atoms with Crippen LogP contribution >= 0.6 is 0 Å². The normalized spacial score (nSPS) is 19.4. The van der Waals surface area contributed by atoms with Gasteiger partial charge in [-0.2, -0.15) is 0 Å². The summed E-state index contributed by atoms with van der Waals surface area (Å²) in [5.74, 6) is 0.547.